The van der Waals surface area contributed by atoms with Crippen LogP contribution in [0.3, 0.4) is 0 Å². The molecule has 1 amide bonds. The van der Waals surface area contributed by atoms with Crippen LogP contribution in [0.4, 0.5) is 4.39 Å². The van der Waals surface area contributed by atoms with Gasteiger partial charge < -0.3 is 15.5 Å². The van der Waals surface area contributed by atoms with Crippen LogP contribution in [0.15, 0.2) is 53.5 Å². The average Bonchev–Trinajstić information content (AvgIpc) is 2.74. The highest BCUT2D eigenvalue weighted by molar-refractivity contribution is 14.0. The number of halogens is 2. The van der Waals surface area contributed by atoms with E-state index in [1.807, 2.05) is 51.1 Å². The molecule has 0 saturated heterocycles. The van der Waals surface area contributed by atoms with Gasteiger partial charge in [0, 0.05) is 31.7 Å². The number of hydrogen-bond acceptors (Lipinski definition) is 2. The van der Waals surface area contributed by atoms with Gasteiger partial charge in [-0.2, -0.15) is 0 Å². The molecule has 0 atom stereocenters. The summed E-state index contributed by atoms with van der Waals surface area (Å²) in [6.07, 6.45) is 0.583. The maximum absolute atomic E-state index is 13.7. The summed E-state index contributed by atoms with van der Waals surface area (Å²) in [5.41, 5.74) is 2.40. The predicted octanol–water partition coefficient (Wildman–Crippen LogP) is 4.22. The Kier molecular flexibility index (Phi) is 12.0. The zero-order valence-corrected chi connectivity index (χ0v) is 20.3. The Bertz CT molecular complexity index is 807. The first-order valence-corrected chi connectivity index (χ1v) is 10.2. The van der Waals surface area contributed by atoms with Crippen molar-refractivity contribution >= 4 is 35.8 Å². The van der Waals surface area contributed by atoms with Gasteiger partial charge in [-0.15, -0.1) is 24.0 Å². The van der Waals surface area contributed by atoms with Gasteiger partial charge in [0.1, 0.15) is 5.82 Å². The molecule has 164 valence electrons. The van der Waals surface area contributed by atoms with Crippen LogP contribution in [0.5, 0.6) is 0 Å². The first kappa shape index (κ1) is 25.9. The topological polar surface area (TPSA) is 56.7 Å². The van der Waals surface area contributed by atoms with Crippen LogP contribution >= 0.6 is 24.0 Å². The van der Waals surface area contributed by atoms with Gasteiger partial charge in [-0.3, -0.25) is 4.79 Å². The molecule has 0 saturated carbocycles. The van der Waals surface area contributed by atoms with Crippen molar-refractivity contribution in [2.24, 2.45) is 4.99 Å². The van der Waals surface area contributed by atoms with E-state index in [9.17, 15) is 9.18 Å². The number of carbonyl (C=O) groups is 1. The van der Waals surface area contributed by atoms with Crippen LogP contribution in [0.1, 0.15) is 42.3 Å². The highest BCUT2D eigenvalue weighted by Gasteiger charge is 2.11. The van der Waals surface area contributed by atoms with Crippen LogP contribution in [-0.2, 0) is 13.0 Å². The lowest BCUT2D eigenvalue weighted by Gasteiger charge is -2.18. The van der Waals surface area contributed by atoms with Crippen molar-refractivity contribution in [3.05, 3.63) is 71.0 Å². The minimum atomic E-state index is -0.185. The summed E-state index contributed by atoms with van der Waals surface area (Å²) in [5.74, 6) is 0.552. The molecule has 2 aromatic carbocycles. The third kappa shape index (κ3) is 7.93. The van der Waals surface area contributed by atoms with Gasteiger partial charge in [-0.1, -0.05) is 30.3 Å². The highest BCUT2D eigenvalue weighted by Crippen LogP contribution is 2.09. The van der Waals surface area contributed by atoms with Crippen LogP contribution in [0.2, 0.25) is 0 Å². The number of rotatable bonds is 9. The van der Waals surface area contributed by atoms with Crippen LogP contribution in [0.25, 0.3) is 0 Å². The Morgan fingerprint density at radius 1 is 1.00 bits per heavy atom. The van der Waals surface area contributed by atoms with E-state index in [2.05, 4.69) is 15.6 Å². The van der Waals surface area contributed by atoms with Crippen LogP contribution in [-0.4, -0.2) is 42.9 Å². The number of aliphatic imine (C=N–C) groups is 1. The maximum atomic E-state index is 13.7. The van der Waals surface area contributed by atoms with E-state index >= 15 is 0 Å². The van der Waals surface area contributed by atoms with E-state index in [0.717, 1.165) is 12.1 Å². The van der Waals surface area contributed by atoms with E-state index in [0.29, 0.717) is 49.7 Å². The van der Waals surface area contributed by atoms with Crippen molar-refractivity contribution in [2.45, 2.75) is 33.7 Å². The summed E-state index contributed by atoms with van der Waals surface area (Å²) in [6.45, 7) is 9.18. The molecule has 0 aliphatic heterocycles. The van der Waals surface area contributed by atoms with Gasteiger partial charge in [0.15, 0.2) is 5.96 Å². The smallest absolute Gasteiger partial charge is 0.253 e. The molecule has 0 heterocycles. The van der Waals surface area contributed by atoms with Crippen molar-refractivity contribution < 1.29 is 9.18 Å². The standard InChI is InChI=1S/C23H31FN4O.HI/c1-4-25-23(26-16-15-19-9-7-8-10-21(19)24)27-17-18-11-13-20(14-12-18)22(29)28(5-2)6-3;/h7-14H,4-6,15-17H2,1-3H3,(H2,25,26,27);1H. The van der Waals surface area contributed by atoms with E-state index in [1.54, 1.807) is 17.0 Å². The summed E-state index contributed by atoms with van der Waals surface area (Å²) < 4.78 is 13.7. The Balaban J connectivity index is 0.00000450. The average molecular weight is 526 g/mol. The molecule has 0 unspecified atom stereocenters. The number of amides is 1. The van der Waals surface area contributed by atoms with Crippen molar-refractivity contribution in [3.8, 4) is 0 Å². The number of guanidine groups is 1. The van der Waals surface area contributed by atoms with E-state index in [-0.39, 0.29) is 35.7 Å². The third-order valence-corrected chi connectivity index (χ3v) is 4.66. The van der Waals surface area contributed by atoms with Gasteiger partial charge in [-0.05, 0) is 56.5 Å². The van der Waals surface area contributed by atoms with E-state index in [1.165, 1.54) is 6.07 Å². The second-order valence-corrected chi connectivity index (χ2v) is 6.64. The molecule has 0 fully saturated rings. The molecular weight excluding hydrogens is 494 g/mol. The fourth-order valence-corrected chi connectivity index (χ4v) is 2.97. The minimum Gasteiger partial charge on any atom is -0.357 e. The molecule has 2 rings (SSSR count). The first-order valence-electron chi connectivity index (χ1n) is 10.2. The number of nitrogens with zero attached hydrogens (tertiary/aromatic N) is 2. The molecule has 7 heteroatoms. The van der Waals surface area contributed by atoms with Gasteiger partial charge in [0.25, 0.3) is 5.91 Å². The Morgan fingerprint density at radius 3 is 2.27 bits per heavy atom. The summed E-state index contributed by atoms with van der Waals surface area (Å²) in [6, 6.07) is 14.4. The Morgan fingerprint density at radius 2 is 1.67 bits per heavy atom. The molecule has 30 heavy (non-hydrogen) atoms. The second kappa shape index (κ2) is 14.0. The summed E-state index contributed by atoms with van der Waals surface area (Å²) in [5, 5.41) is 6.44. The van der Waals surface area contributed by atoms with Crippen LogP contribution in [0, 0.1) is 5.82 Å². The molecule has 0 radical (unpaired) electrons. The molecule has 0 aliphatic carbocycles. The molecular formula is C23H32FIN4O. The van der Waals surface area contributed by atoms with Gasteiger partial charge in [0.2, 0.25) is 0 Å². The minimum absolute atomic E-state index is 0. The summed E-state index contributed by atoms with van der Waals surface area (Å²) in [4.78, 5) is 18.8. The van der Waals surface area contributed by atoms with Crippen molar-refractivity contribution in [2.75, 3.05) is 26.2 Å². The second-order valence-electron chi connectivity index (χ2n) is 6.64. The normalized spacial score (nSPS) is 10.9. The molecule has 0 bridgehead atoms. The lowest BCUT2D eigenvalue weighted by molar-refractivity contribution is 0.0773. The molecule has 2 aromatic rings. The zero-order valence-electron chi connectivity index (χ0n) is 18.0. The highest BCUT2D eigenvalue weighted by atomic mass is 127. The largest absolute Gasteiger partial charge is 0.357 e. The predicted molar refractivity (Wildman–Crippen MR) is 132 cm³/mol. The van der Waals surface area contributed by atoms with Crippen LogP contribution < -0.4 is 10.6 Å². The van der Waals surface area contributed by atoms with Crippen molar-refractivity contribution in [1.29, 1.82) is 0 Å². The van der Waals surface area contributed by atoms with Crippen molar-refractivity contribution in [3.63, 3.8) is 0 Å². The Hall–Kier alpha value is -2.16. The molecule has 0 spiro atoms. The lowest BCUT2D eigenvalue weighted by Crippen LogP contribution is -2.38. The Labute approximate surface area is 196 Å². The first-order chi connectivity index (χ1) is 14.1. The van der Waals surface area contributed by atoms with E-state index in [4.69, 9.17) is 0 Å². The lowest BCUT2D eigenvalue weighted by atomic mass is 10.1. The fourth-order valence-electron chi connectivity index (χ4n) is 2.97. The molecule has 0 aromatic heterocycles. The molecule has 2 N–H and O–H groups in total. The van der Waals surface area contributed by atoms with Crippen molar-refractivity contribution in [1.82, 2.24) is 15.5 Å². The summed E-state index contributed by atoms with van der Waals surface area (Å²) >= 11 is 0. The zero-order chi connectivity index (χ0) is 21.1. The number of nitrogens with one attached hydrogen (secondary N) is 2. The number of carbonyl (C=O) groups excluding carboxylic acids is 1. The number of benzene rings is 2. The molecule has 0 aliphatic rings. The van der Waals surface area contributed by atoms with E-state index < -0.39 is 0 Å². The number of hydrogen-bond donors (Lipinski definition) is 2. The quantitative estimate of drug-likeness (QED) is 0.292. The SMILES string of the molecule is CCNC(=NCc1ccc(C(=O)N(CC)CC)cc1)NCCc1ccccc1F.I. The third-order valence-electron chi connectivity index (χ3n) is 4.66. The monoisotopic (exact) mass is 526 g/mol. The van der Waals surface area contributed by atoms with Gasteiger partial charge >= 0.3 is 0 Å². The molecule has 5 nitrogen and oxygen atoms in total. The maximum Gasteiger partial charge on any atom is 0.253 e. The summed E-state index contributed by atoms with van der Waals surface area (Å²) in [7, 11) is 0. The van der Waals surface area contributed by atoms with Gasteiger partial charge in [0.05, 0.1) is 6.54 Å². The van der Waals surface area contributed by atoms with Gasteiger partial charge in [-0.25, -0.2) is 9.38 Å². The fraction of sp³-hybridized carbons (Fsp3) is 0.391.